The third kappa shape index (κ3) is 4.48. The van der Waals surface area contributed by atoms with Gasteiger partial charge >= 0.3 is 0 Å². The van der Waals surface area contributed by atoms with Gasteiger partial charge in [0, 0.05) is 25.0 Å². The largest absolute Gasteiger partial charge is 0.493 e. The first kappa shape index (κ1) is 17.2. The number of likely N-dealkylation sites (N-methyl/N-ethyl adjacent to an activating group) is 2. The topological polar surface area (TPSA) is 53.2 Å². The van der Waals surface area contributed by atoms with Gasteiger partial charge < -0.3 is 10.1 Å². The number of rotatable bonds is 8. The predicted octanol–water partition coefficient (Wildman–Crippen LogP) is 3.17. The molecule has 0 saturated heterocycles. The minimum Gasteiger partial charge on any atom is -0.493 e. The van der Waals surface area contributed by atoms with Crippen molar-refractivity contribution >= 4 is 10.9 Å². The minimum absolute atomic E-state index is 0.728. The number of nitrogens with zero attached hydrogens (tertiary/aromatic N) is 2. The molecule has 1 aromatic carbocycles. The molecular formula is C19H30N4O. The molecule has 132 valence electrons. The van der Waals surface area contributed by atoms with Crippen LogP contribution in [-0.2, 0) is 6.54 Å². The van der Waals surface area contributed by atoms with Crippen LogP contribution >= 0.6 is 0 Å². The fourth-order valence-corrected chi connectivity index (χ4v) is 3.46. The third-order valence-electron chi connectivity index (χ3n) is 4.99. The normalized spacial score (nSPS) is 16.1. The number of H-pyrrole nitrogens is 1. The fraction of sp³-hybridized carbons (Fsp3) is 0.632. The number of ether oxygens (including phenoxy) is 1. The first-order valence-electron chi connectivity index (χ1n) is 9.19. The van der Waals surface area contributed by atoms with Gasteiger partial charge in [0.2, 0.25) is 0 Å². The maximum atomic E-state index is 6.08. The highest BCUT2D eigenvalue weighted by molar-refractivity contribution is 5.82. The molecule has 1 aliphatic carbocycles. The van der Waals surface area contributed by atoms with Crippen molar-refractivity contribution in [1.82, 2.24) is 20.4 Å². The molecule has 5 heteroatoms. The summed E-state index contributed by atoms with van der Waals surface area (Å²) in [6, 6.07) is 6.27. The molecule has 0 aliphatic heterocycles. The Hall–Kier alpha value is -1.59. The molecule has 24 heavy (non-hydrogen) atoms. The molecule has 1 aromatic heterocycles. The highest BCUT2D eigenvalue weighted by atomic mass is 16.5. The van der Waals surface area contributed by atoms with Crippen molar-refractivity contribution in [3.63, 3.8) is 0 Å². The third-order valence-corrected chi connectivity index (χ3v) is 4.99. The van der Waals surface area contributed by atoms with Crippen molar-refractivity contribution in [2.24, 2.45) is 5.92 Å². The van der Waals surface area contributed by atoms with E-state index in [0.29, 0.717) is 0 Å². The Morgan fingerprint density at radius 1 is 1.29 bits per heavy atom. The zero-order valence-corrected chi connectivity index (χ0v) is 15.0. The average Bonchev–Trinajstić information content (AvgIpc) is 3.01. The van der Waals surface area contributed by atoms with E-state index in [1.807, 2.05) is 7.05 Å². The van der Waals surface area contributed by atoms with E-state index in [2.05, 4.69) is 45.7 Å². The quantitative estimate of drug-likeness (QED) is 0.780. The second-order valence-electron chi connectivity index (χ2n) is 7.03. The molecule has 1 aliphatic rings. The molecule has 2 aromatic rings. The van der Waals surface area contributed by atoms with Crippen LogP contribution in [0.5, 0.6) is 5.75 Å². The van der Waals surface area contributed by atoms with Crippen LogP contribution in [0.1, 0.15) is 37.8 Å². The number of aromatic amines is 1. The number of benzene rings is 1. The van der Waals surface area contributed by atoms with Crippen molar-refractivity contribution in [2.75, 3.05) is 33.8 Å². The molecule has 1 heterocycles. The van der Waals surface area contributed by atoms with Gasteiger partial charge in [0.15, 0.2) is 0 Å². The highest BCUT2D eigenvalue weighted by Gasteiger charge is 2.15. The second-order valence-corrected chi connectivity index (χ2v) is 7.03. The zero-order valence-electron chi connectivity index (χ0n) is 15.0. The molecule has 3 rings (SSSR count). The van der Waals surface area contributed by atoms with Gasteiger partial charge in [-0.25, -0.2) is 0 Å². The molecule has 5 nitrogen and oxygen atoms in total. The lowest BCUT2D eigenvalue weighted by molar-refractivity contribution is 0.209. The van der Waals surface area contributed by atoms with E-state index in [9.17, 15) is 0 Å². The summed E-state index contributed by atoms with van der Waals surface area (Å²) >= 11 is 0. The van der Waals surface area contributed by atoms with Crippen LogP contribution in [0.25, 0.3) is 10.9 Å². The summed E-state index contributed by atoms with van der Waals surface area (Å²) in [4.78, 5) is 2.28. The molecule has 0 atom stereocenters. The summed E-state index contributed by atoms with van der Waals surface area (Å²) < 4.78 is 6.08. The molecule has 1 saturated carbocycles. The molecule has 0 bridgehead atoms. The second kappa shape index (κ2) is 8.49. The van der Waals surface area contributed by atoms with Crippen molar-refractivity contribution in [3.8, 4) is 5.75 Å². The summed E-state index contributed by atoms with van der Waals surface area (Å²) in [5.41, 5.74) is 2.17. The smallest absolute Gasteiger partial charge is 0.120 e. The first-order chi connectivity index (χ1) is 11.8. The molecule has 0 amide bonds. The predicted molar refractivity (Wildman–Crippen MR) is 98.4 cm³/mol. The SMILES string of the molecule is CNCCN(C)Cc1n[nH]c2ccc(OCC3CCCCC3)cc12. The van der Waals surface area contributed by atoms with Gasteiger partial charge in [-0.15, -0.1) is 0 Å². The van der Waals surface area contributed by atoms with Gasteiger partial charge in [-0.3, -0.25) is 10.00 Å². The summed E-state index contributed by atoms with van der Waals surface area (Å²) in [7, 11) is 4.11. The van der Waals surface area contributed by atoms with Crippen LogP contribution in [-0.4, -0.2) is 48.9 Å². The fourth-order valence-electron chi connectivity index (χ4n) is 3.46. The summed E-state index contributed by atoms with van der Waals surface area (Å²) in [5.74, 6) is 1.69. The van der Waals surface area contributed by atoms with Gasteiger partial charge in [-0.2, -0.15) is 5.10 Å². The van der Waals surface area contributed by atoms with E-state index < -0.39 is 0 Å². The highest BCUT2D eigenvalue weighted by Crippen LogP contribution is 2.27. The van der Waals surface area contributed by atoms with E-state index >= 15 is 0 Å². The minimum atomic E-state index is 0.728. The van der Waals surface area contributed by atoms with Gasteiger partial charge in [0.25, 0.3) is 0 Å². The Morgan fingerprint density at radius 2 is 2.12 bits per heavy atom. The lowest BCUT2D eigenvalue weighted by Crippen LogP contribution is -2.27. The van der Waals surface area contributed by atoms with Crippen LogP contribution in [0, 0.1) is 5.92 Å². The maximum Gasteiger partial charge on any atom is 0.120 e. The molecule has 1 fully saturated rings. The van der Waals surface area contributed by atoms with Gasteiger partial charge in [-0.05, 0) is 51.1 Å². The number of fused-ring (bicyclic) bond motifs is 1. The van der Waals surface area contributed by atoms with E-state index in [0.717, 1.165) is 49.1 Å². The number of hydrogen-bond donors (Lipinski definition) is 2. The summed E-state index contributed by atoms with van der Waals surface area (Å²) in [5, 5.41) is 12.0. The van der Waals surface area contributed by atoms with Crippen LogP contribution in [0.4, 0.5) is 0 Å². The lowest BCUT2D eigenvalue weighted by Gasteiger charge is -2.21. The van der Waals surface area contributed by atoms with Crippen molar-refractivity contribution in [2.45, 2.75) is 38.6 Å². The Balaban J connectivity index is 1.64. The zero-order chi connectivity index (χ0) is 16.8. The average molecular weight is 330 g/mol. The number of aromatic nitrogens is 2. The summed E-state index contributed by atoms with van der Waals surface area (Å²) in [6.07, 6.45) is 6.74. The lowest BCUT2D eigenvalue weighted by atomic mass is 9.90. The molecule has 2 N–H and O–H groups in total. The van der Waals surface area contributed by atoms with Crippen molar-refractivity contribution in [1.29, 1.82) is 0 Å². The Labute approximate surface area is 144 Å². The Bertz CT molecular complexity index is 633. The van der Waals surface area contributed by atoms with E-state index in [1.54, 1.807) is 0 Å². The maximum absolute atomic E-state index is 6.08. The van der Waals surface area contributed by atoms with Crippen LogP contribution in [0.3, 0.4) is 0 Å². The number of nitrogens with one attached hydrogen (secondary N) is 2. The summed E-state index contributed by atoms with van der Waals surface area (Å²) in [6.45, 7) is 3.67. The van der Waals surface area contributed by atoms with Crippen LogP contribution < -0.4 is 10.1 Å². The van der Waals surface area contributed by atoms with Crippen LogP contribution in [0.15, 0.2) is 18.2 Å². The standard InChI is InChI=1S/C19H30N4O/c1-20-10-11-23(2)13-19-17-12-16(8-9-18(17)21-22-19)24-14-15-6-4-3-5-7-15/h8-9,12,15,20H,3-7,10-11,13-14H2,1-2H3,(H,21,22). The van der Waals surface area contributed by atoms with Crippen molar-refractivity contribution in [3.05, 3.63) is 23.9 Å². The molecule has 0 unspecified atom stereocenters. The van der Waals surface area contributed by atoms with Gasteiger partial charge in [0.05, 0.1) is 17.8 Å². The van der Waals surface area contributed by atoms with Crippen molar-refractivity contribution < 1.29 is 4.74 Å². The van der Waals surface area contributed by atoms with Gasteiger partial charge in [-0.1, -0.05) is 19.3 Å². The van der Waals surface area contributed by atoms with Crippen LogP contribution in [0.2, 0.25) is 0 Å². The van der Waals surface area contributed by atoms with Gasteiger partial charge in [0.1, 0.15) is 5.75 Å². The Kier molecular flexibility index (Phi) is 6.10. The molecule has 0 radical (unpaired) electrons. The number of hydrogen-bond acceptors (Lipinski definition) is 4. The van der Waals surface area contributed by atoms with E-state index in [4.69, 9.17) is 4.74 Å². The molecular weight excluding hydrogens is 300 g/mol. The first-order valence-corrected chi connectivity index (χ1v) is 9.19. The Morgan fingerprint density at radius 3 is 2.92 bits per heavy atom. The van der Waals surface area contributed by atoms with E-state index in [1.165, 1.54) is 37.5 Å². The molecule has 0 spiro atoms. The monoisotopic (exact) mass is 330 g/mol. The van der Waals surface area contributed by atoms with E-state index in [-0.39, 0.29) is 0 Å².